The van der Waals surface area contributed by atoms with E-state index in [1.165, 1.54) is 6.07 Å². The average molecular weight is 607 g/mol. The smallest absolute Gasteiger partial charge is 0.416 e. The molecular weight excluding hydrogens is 573 g/mol. The first-order chi connectivity index (χ1) is 21.0. The van der Waals surface area contributed by atoms with Crippen LogP contribution in [0, 0.1) is 6.92 Å². The number of nitrogens with one attached hydrogen (secondary N) is 4. The van der Waals surface area contributed by atoms with Gasteiger partial charge in [0.25, 0.3) is 0 Å². The predicted octanol–water partition coefficient (Wildman–Crippen LogP) is 6.85. The van der Waals surface area contributed by atoms with Crippen LogP contribution in [0.1, 0.15) is 24.5 Å². The number of halogens is 3. The molecular formula is C31H33F3N8O2. The summed E-state index contributed by atoms with van der Waals surface area (Å²) in [5.41, 5.74) is 2.00. The lowest BCUT2D eigenvalue weighted by Gasteiger charge is -2.24. The van der Waals surface area contributed by atoms with E-state index >= 15 is 0 Å². The summed E-state index contributed by atoms with van der Waals surface area (Å²) < 4.78 is 46.7. The maximum atomic E-state index is 13.5. The fourth-order valence-corrected chi connectivity index (χ4v) is 4.96. The fraction of sp³-hybridized carbons (Fsp3) is 0.290. The molecule has 3 heterocycles. The minimum atomic E-state index is -4.56. The van der Waals surface area contributed by atoms with Crippen LogP contribution in [0.3, 0.4) is 0 Å². The van der Waals surface area contributed by atoms with Crippen LogP contribution in [0.5, 0.6) is 11.6 Å². The maximum Gasteiger partial charge on any atom is 0.416 e. The number of anilines is 4. The Hall–Kier alpha value is -4.91. The number of benzene rings is 2. The molecule has 4 aromatic rings. The van der Waals surface area contributed by atoms with Crippen LogP contribution < -0.4 is 26.0 Å². The number of aromatic nitrogens is 3. The first kappa shape index (κ1) is 30.5. The fourth-order valence-electron chi connectivity index (χ4n) is 4.96. The standard InChI is InChI=1S/C31H33F3N8O2/c1-18-16-21(8-10-27(18)44-28-22(6-5-13-36-28)24-11-14-37-29(35-3)40-24)38-30(43)41-26-17-20(31(32,33)34)7-9-25(26)39-23-12-15-42(4)19(23)2/h5-11,13-14,16-17,19,23,39H,12,15H2,1-4H3,(H,35,37,40)(H2,38,41,43). The molecule has 0 radical (unpaired) electrons. The lowest BCUT2D eigenvalue weighted by Crippen LogP contribution is -2.34. The number of carbonyl (C=O) groups is 1. The van der Waals surface area contributed by atoms with E-state index in [-0.39, 0.29) is 17.8 Å². The Morgan fingerprint density at radius 3 is 2.55 bits per heavy atom. The van der Waals surface area contributed by atoms with Crippen molar-refractivity contribution in [3.63, 3.8) is 0 Å². The maximum absolute atomic E-state index is 13.5. The van der Waals surface area contributed by atoms with Crippen molar-refractivity contribution in [3.8, 4) is 22.9 Å². The molecule has 1 aliphatic heterocycles. The predicted molar refractivity (Wildman–Crippen MR) is 164 cm³/mol. The highest BCUT2D eigenvalue weighted by molar-refractivity contribution is 6.02. The average Bonchev–Trinajstić information content (AvgIpc) is 3.31. The third kappa shape index (κ3) is 7.00. The number of alkyl halides is 3. The van der Waals surface area contributed by atoms with Crippen LogP contribution in [-0.2, 0) is 6.18 Å². The number of likely N-dealkylation sites (N-methyl/N-ethyl adjacent to an activating group) is 1. The number of urea groups is 1. The van der Waals surface area contributed by atoms with Crippen molar-refractivity contribution in [3.05, 3.63) is 78.1 Å². The van der Waals surface area contributed by atoms with Crippen LogP contribution in [0.4, 0.5) is 41.0 Å². The van der Waals surface area contributed by atoms with Crippen molar-refractivity contribution < 1.29 is 22.7 Å². The van der Waals surface area contributed by atoms with Crippen molar-refractivity contribution >= 4 is 29.0 Å². The second kappa shape index (κ2) is 12.8. The molecule has 5 rings (SSSR count). The van der Waals surface area contributed by atoms with E-state index in [1.807, 2.05) is 13.1 Å². The van der Waals surface area contributed by atoms with E-state index < -0.39 is 17.8 Å². The highest BCUT2D eigenvalue weighted by atomic mass is 19.4. The molecule has 1 fully saturated rings. The number of pyridine rings is 1. The van der Waals surface area contributed by atoms with Crippen LogP contribution >= 0.6 is 0 Å². The zero-order valence-electron chi connectivity index (χ0n) is 24.7. The van der Waals surface area contributed by atoms with E-state index in [0.717, 1.165) is 25.1 Å². The molecule has 2 aromatic carbocycles. The Morgan fingerprint density at radius 1 is 1.02 bits per heavy atom. The molecule has 44 heavy (non-hydrogen) atoms. The highest BCUT2D eigenvalue weighted by Crippen LogP contribution is 2.36. The molecule has 2 amide bonds. The van der Waals surface area contributed by atoms with Crippen LogP contribution in [0.25, 0.3) is 11.3 Å². The van der Waals surface area contributed by atoms with Gasteiger partial charge in [0.05, 0.1) is 28.2 Å². The Labute approximate surface area is 253 Å². The minimum Gasteiger partial charge on any atom is -0.438 e. The van der Waals surface area contributed by atoms with Crippen molar-refractivity contribution in [2.45, 2.75) is 38.5 Å². The molecule has 2 atom stereocenters. The molecule has 13 heteroatoms. The third-order valence-corrected chi connectivity index (χ3v) is 7.57. The molecule has 0 bridgehead atoms. The first-order valence-electron chi connectivity index (χ1n) is 14.0. The van der Waals surface area contributed by atoms with Gasteiger partial charge >= 0.3 is 12.2 Å². The van der Waals surface area contributed by atoms with Crippen LogP contribution in [0.2, 0.25) is 0 Å². The van der Waals surface area contributed by atoms with Crippen molar-refractivity contribution in [2.24, 2.45) is 0 Å². The first-order valence-corrected chi connectivity index (χ1v) is 14.0. The number of hydrogen-bond acceptors (Lipinski definition) is 8. The molecule has 0 saturated carbocycles. The van der Waals surface area contributed by atoms with E-state index in [2.05, 4.69) is 48.0 Å². The number of hydrogen-bond donors (Lipinski definition) is 4. The molecule has 1 saturated heterocycles. The minimum absolute atomic E-state index is 0.0230. The van der Waals surface area contributed by atoms with Gasteiger partial charge in [-0.05, 0) is 87.5 Å². The molecule has 0 aliphatic carbocycles. The highest BCUT2D eigenvalue weighted by Gasteiger charge is 2.32. The Bertz CT molecular complexity index is 1650. The summed E-state index contributed by atoms with van der Waals surface area (Å²) >= 11 is 0. The van der Waals surface area contributed by atoms with Gasteiger partial charge in [-0.15, -0.1) is 0 Å². The SMILES string of the molecule is CNc1nccc(-c2cccnc2Oc2ccc(NC(=O)Nc3cc(C(F)(F)F)ccc3NC3CCN(C)C3C)cc2C)n1. The molecule has 10 nitrogen and oxygen atoms in total. The zero-order valence-corrected chi connectivity index (χ0v) is 24.7. The van der Waals surface area contributed by atoms with Crippen molar-refractivity contribution in [1.82, 2.24) is 19.9 Å². The topological polar surface area (TPSA) is 116 Å². The molecule has 1 aliphatic rings. The molecule has 2 aromatic heterocycles. The summed E-state index contributed by atoms with van der Waals surface area (Å²) in [6, 6.07) is 13.2. The summed E-state index contributed by atoms with van der Waals surface area (Å²) in [4.78, 5) is 28.1. The number of nitrogens with zero attached hydrogens (tertiary/aromatic N) is 4. The lowest BCUT2D eigenvalue weighted by atomic mass is 10.1. The molecule has 2 unspecified atom stereocenters. The van der Waals surface area contributed by atoms with Crippen LogP contribution in [0.15, 0.2) is 67.0 Å². The lowest BCUT2D eigenvalue weighted by molar-refractivity contribution is -0.137. The van der Waals surface area contributed by atoms with E-state index in [0.29, 0.717) is 45.8 Å². The molecule has 0 spiro atoms. The number of ether oxygens (including phenoxy) is 1. The van der Waals surface area contributed by atoms with Gasteiger partial charge in [0.15, 0.2) is 0 Å². The van der Waals surface area contributed by atoms with Gasteiger partial charge in [0.1, 0.15) is 5.75 Å². The van der Waals surface area contributed by atoms with E-state index in [4.69, 9.17) is 4.74 Å². The number of aryl methyl sites for hydroxylation is 1. The summed E-state index contributed by atoms with van der Waals surface area (Å²) in [5.74, 6) is 1.29. The third-order valence-electron chi connectivity index (χ3n) is 7.57. The Kier molecular flexibility index (Phi) is 8.86. The van der Waals surface area contributed by atoms with Gasteiger partial charge in [0.2, 0.25) is 11.8 Å². The van der Waals surface area contributed by atoms with Crippen LogP contribution in [-0.4, -0.2) is 58.6 Å². The van der Waals surface area contributed by atoms with Crippen molar-refractivity contribution in [1.29, 1.82) is 0 Å². The van der Waals surface area contributed by atoms with E-state index in [9.17, 15) is 18.0 Å². The number of likely N-dealkylation sites (tertiary alicyclic amines) is 1. The number of amides is 2. The number of carbonyl (C=O) groups excluding carboxylic acids is 1. The normalized spacial score (nSPS) is 16.8. The second-order valence-electron chi connectivity index (χ2n) is 10.6. The van der Waals surface area contributed by atoms with Gasteiger partial charge in [-0.2, -0.15) is 13.2 Å². The monoisotopic (exact) mass is 606 g/mol. The van der Waals surface area contributed by atoms with Gasteiger partial charge in [-0.25, -0.2) is 19.7 Å². The Morgan fingerprint density at radius 2 is 1.84 bits per heavy atom. The quantitative estimate of drug-likeness (QED) is 0.172. The van der Waals surface area contributed by atoms with Gasteiger partial charge < -0.3 is 30.9 Å². The van der Waals surface area contributed by atoms with Crippen molar-refractivity contribution in [2.75, 3.05) is 41.9 Å². The van der Waals surface area contributed by atoms with Gasteiger partial charge in [-0.3, -0.25) is 0 Å². The Balaban J connectivity index is 1.31. The number of rotatable bonds is 8. The van der Waals surface area contributed by atoms with Gasteiger partial charge in [-0.1, -0.05) is 0 Å². The summed E-state index contributed by atoms with van der Waals surface area (Å²) in [6.07, 6.45) is -0.492. The largest absolute Gasteiger partial charge is 0.438 e. The van der Waals surface area contributed by atoms with E-state index in [1.54, 1.807) is 56.7 Å². The van der Waals surface area contributed by atoms with Gasteiger partial charge in [0, 0.05) is 43.8 Å². The summed E-state index contributed by atoms with van der Waals surface area (Å²) in [6.45, 7) is 4.72. The molecule has 4 N–H and O–H groups in total. The zero-order chi connectivity index (χ0) is 31.4. The summed E-state index contributed by atoms with van der Waals surface area (Å²) in [7, 11) is 3.72. The second-order valence-corrected chi connectivity index (χ2v) is 10.6. The molecule has 230 valence electrons. The summed E-state index contributed by atoms with van der Waals surface area (Å²) in [5, 5.41) is 11.5.